The molecule has 0 aliphatic carbocycles. The maximum Gasteiger partial charge on any atom is 0.226 e. The van der Waals surface area contributed by atoms with Crippen LogP contribution in [0.25, 0.3) is 0 Å². The summed E-state index contributed by atoms with van der Waals surface area (Å²) in [5, 5.41) is 3.22. The number of benzene rings is 2. The number of halogens is 1. The van der Waals surface area contributed by atoms with Gasteiger partial charge in [0, 0.05) is 49.1 Å². The molecule has 2 heterocycles. The molecule has 0 bridgehead atoms. The minimum absolute atomic E-state index is 0.303. The minimum atomic E-state index is -0.303. The van der Waals surface area contributed by atoms with Gasteiger partial charge < -0.3 is 15.0 Å². The Hall–Kier alpha value is -2.80. The highest BCUT2D eigenvalue weighted by Crippen LogP contribution is 2.21. The Bertz CT molecular complexity index is 899. The van der Waals surface area contributed by atoms with E-state index in [9.17, 15) is 4.39 Å². The zero-order valence-electron chi connectivity index (χ0n) is 15.3. The number of nitrogens with zero attached hydrogens (tertiary/aromatic N) is 3. The molecule has 1 aromatic heterocycles. The van der Waals surface area contributed by atoms with E-state index in [0.29, 0.717) is 24.1 Å². The van der Waals surface area contributed by atoms with E-state index in [1.807, 2.05) is 11.8 Å². The lowest BCUT2D eigenvalue weighted by atomic mass is 10.2. The van der Waals surface area contributed by atoms with Crippen LogP contribution in [0.3, 0.4) is 0 Å². The van der Waals surface area contributed by atoms with Crippen LogP contribution in [-0.4, -0.2) is 34.6 Å². The smallest absolute Gasteiger partial charge is 0.226 e. The molecule has 5 nitrogen and oxygen atoms in total. The van der Waals surface area contributed by atoms with Gasteiger partial charge in [-0.3, -0.25) is 0 Å². The van der Waals surface area contributed by atoms with Crippen molar-refractivity contribution in [3.05, 3.63) is 72.2 Å². The normalized spacial score (nSPS) is 14.0. The van der Waals surface area contributed by atoms with Crippen LogP contribution in [0.5, 0.6) is 11.6 Å². The van der Waals surface area contributed by atoms with Crippen molar-refractivity contribution in [3.8, 4) is 11.6 Å². The van der Waals surface area contributed by atoms with E-state index in [2.05, 4.69) is 44.5 Å². The maximum atomic E-state index is 13.0. The van der Waals surface area contributed by atoms with Crippen molar-refractivity contribution >= 4 is 23.4 Å². The number of thioether (sulfide) groups is 1. The zero-order valence-corrected chi connectivity index (χ0v) is 16.2. The quantitative estimate of drug-likeness (QED) is 0.659. The molecule has 0 atom stereocenters. The molecule has 1 fully saturated rings. The van der Waals surface area contributed by atoms with Crippen LogP contribution < -0.4 is 15.0 Å². The van der Waals surface area contributed by atoms with Crippen molar-refractivity contribution in [2.45, 2.75) is 6.54 Å². The van der Waals surface area contributed by atoms with Crippen molar-refractivity contribution in [1.82, 2.24) is 9.97 Å². The molecule has 7 heteroatoms. The van der Waals surface area contributed by atoms with Crippen LogP contribution in [-0.2, 0) is 6.54 Å². The number of anilines is 2. The lowest BCUT2D eigenvalue weighted by Crippen LogP contribution is -2.32. The summed E-state index contributed by atoms with van der Waals surface area (Å²) in [5.74, 6) is 3.49. The number of hydrogen-bond donors (Lipinski definition) is 1. The molecule has 4 rings (SSSR count). The highest BCUT2D eigenvalue weighted by atomic mass is 32.2. The Morgan fingerprint density at radius 2 is 1.75 bits per heavy atom. The first kappa shape index (κ1) is 18.6. The summed E-state index contributed by atoms with van der Waals surface area (Å²) >= 11 is 2.01. The summed E-state index contributed by atoms with van der Waals surface area (Å²) in [7, 11) is 0. The van der Waals surface area contributed by atoms with Crippen molar-refractivity contribution in [1.29, 1.82) is 0 Å². The molecular weight excluding hydrogens is 375 g/mol. The summed E-state index contributed by atoms with van der Waals surface area (Å²) in [4.78, 5) is 11.0. The topological polar surface area (TPSA) is 50.3 Å². The Labute approximate surface area is 168 Å². The molecule has 0 spiro atoms. The van der Waals surface area contributed by atoms with E-state index in [0.717, 1.165) is 18.7 Å². The van der Waals surface area contributed by atoms with Crippen molar-refractivity contribution < 1.29 is 9.13 Å². The highest BCUT2D eigenvalue weighted by molar-refractivity contribution is 7.99. The maximum absolute atomic E-state index is 13.0. The van der Waals surface area contributed by atoms with Crippen molar-refractivity contribution in [3.63, 3.8) is 0 Å². The summed E-state index contributed by atoms with van der Waals surface area (Å²) in [5.41, 5.74) is 2.43. The van der Waals surface area contributed by atoms with Gasteiger partial charge in [-0.05, 0) is 42.0 Å². The van der Waals surface area contributed by atoms with Crippen LogP contribution in [0.2, 0.25) is 0 Å². The standard InChI is InChI=1S/C21H21FN4OS/c22-17-3-7-19(8-4-17)27-20-9-10-23-21(25-20)24-15-16-1-5-18(6-2-16)26-11-13-28-14-12-26/h1-10H,11-15H2,(H,23,24,25). The van der Waals surface area contributed by atoms with E-state index in [1.54, 1.807) is 24.4 Å². The molecule has 28 heavy (non-hydrogen) atoms. The van der Waals surface area contributed by atoms with Gasteiger partial charge in [0.1, 0.15) is 11.6 Å². The van der Waals surface area contributed by atoms with Crippen LogP contribution in [0.4, 0.5) is 16.0 Å². The first-order valence-corrected chi connectivity index (χ1v) is 10.3. The van der Waals surface area contributed by atoms with E-state index < -0.39 is 0 Å². The number of ether oxygens (including phenoxy) is 1. The fourth-order valence-corrected chi connectivity index (χ4v) is 3.84. The van der Waals surface area contributed by atoms with Gasteiger partial charge >= 0.3 is 0 Å². The number of nitrogens with one attached hydrogen (secondary N) is 1. The SMILES string of the molecule is Fc1ccc(Oc2ccnc(NCc3ccc(N4CCSCC4)cc3)n2)cc1. The molecule has 3 aromatic rings. The Morgan fingerprint density at radius 3 is 2.50 bits per heavy atom. The Morgan fingerprint density at radius 1 is 1.00 bits per heavy atom. The molecule has 1 N–H and O–H groups in total. The first-order chi connectivity index (χ1) is 13.8. The molecule has 144 valence electrons. The Kier molecular flexibility index (Phi) is 5.92. The van der Waals surface area contributed by atoms with E-state index in [-0.39, 0.29) is 5.82 Å². The Balaban J connectivity index is 1.35. The molecule has 1 aliphatic heterocycles. The fraction of sp³-hybridized carbons (Fsp3) is 0.238. The molecule has 1 saturated heterocycles. The second-order valence-corrected chi connectivity index (χ2v) is 7.62. The summed E-state index contributed by atoms with van der Waals surface area (Å²) in [6.45, 7) is 2.84. The fourth-order valence-electron chi connectivity index (χ4n) is 2.93. The average molecular weight is 396 g/mol. The second-order valence-electron chi connectivity index (χ2n) is 6.39. The van der Waals surface area contributed by atoms with Gasteiger partial charge in [0.15, 0.2) is 0 Å². The van der Waals surface area contributed by atoms with Gasteiger partial charge in [-0.2, -0.15) is 16.7 Å². The molecule has 2 aromatic carbocycles. The van der Waals surface area contributed by atoms with Crippen LogP contribution in [0, 0.1) is 5.82 Å². The average Bonchev–Trinajstić information content (AvgIpc) is 2.75. The number of aromatic nitrogens is 2. The third kappa shape index (κ3) is 4.92. The van der Waals surface area contributed by atoms with Crippen molar-refractivity contribution in [2.24, 2.45) is 0 Å². The first-order valence-electron chi connectivity index (χ1n) is 9.18. The highest BCUT2D eigenvalue weighted by Gasteiger charge is 2.10. The zero-order chi connectivity index (χ0) is 19.2. The third-order valence-corrected chi connectivity index (χ3v) is 5.37. The van der Waals surface area contributed by atoms with Gasteiger partial charge in [0.2, 0.25) is 11.8 Å². The lowest BCUT2D eigenvalue weighted by Gasteiger charge is -2.28. The third-order valence-electron chi connectivity index (χ3n) is 4.43. The summed E-state index contributed by atoms with van der Waals surface area (Å²) < 4.78 is 18.6. The number of rotatable bonds is 6. The molecule has 0 unspecified atom stereocenters. The van der Waals surface area contributed by atoms with Gasteiger partial charge in [-0.1, -0.05) is 12.1 Å². The van der Waals surface area contributed by atoms with Crippen molar-refractivity contribution in [2.75, 3.05) is 34.8 Å². The number of hydrogen-bond acceptors (Lipinski definition) is 6. The monoisotopic (exact) mass is 396 g/mol. The van der Waals surface area contributed by atoms with Gasteiger partial charge in [0.25, 0.3) is 0 Å². The minimum Gasteiger partial charge on any atom is -0.439 e. The molecule has 1 aliphatic rings. The van der Waals surface area contributed by atoms with Gasteiger partial charge in [0.05, 0.1) is 0 Å². The van der Waals surface area contributed by atoms with Crippen LogP contribution in [0.15, 0.2) is 60.8 Å². The molecule has 0 amide bonds. The lowest BCUT2D eigenvalue weighted by molar-refractivity contribution is 0.460. The molecule has 0 saturated carbocycles. The van der Waals surface area contributed by atoms with E-state index >= 15 is 0 Å². The van der Waals surface area contributed by atoms with Crippen LogP contribution >= 0.6 is 11.8 Å². The van der Waals surface area contributed by atoms with Gasteiger partial charge in [-0.25, -0.2) is 9.37 Å². The summed E-state index contributed by atoms with van der Waals surface area (Å²) in [6.07, 6.45) is 1.63. The van der Waals surface area contributed by atoms with E-state index in [1.165, 1.54) is 29.3 Å². The molecular formula is C21H21FN4OS. The predicted octanol–water partition coefficient (Wildman–Crippen LogP) is 4.57. The predicted molar refractivity (Wildman–Crippen MR) is 112 cm³/mol. The summed E-state index contributed by atoms with van der Waals surface area (Å²) in [6, 6.07) is 16.1. The van der Waals surface area contributed by atoms with Crippen LogP contribution in [0.1, 0.15) is 5.56 Å². The van der Waals surface area contributed by atoms with Gasteiger partial charge in [-0.15, -0.1) is 0 Å². The molecule has 0 radical (unpaired) electrons. The largest absolute Gasteiger partial charge is 0.439 e. The second kappa shape index (κ2) is 8.93. The van der Waals surface area contributed by atoms with E-state index in [4.69, 9.17) is 4.74 Å².